The van der Waals surface area contributed by atoms with E-state index < -0.39 is 0 Å². The Bertz CT molecular complexity index is 665. The monoisotopic (exact) mass is 335 g/mol. The summed E-state index contributed by atoms with van der Waals surface area (Å²) in [6, 6.07) is 0. The smallest absolute Gasteiger partial charge is 0.255 e. The summed E-state index contributed by atoms with van der Waals surface area (Å²) in [5, 5.41) is 9.70. The zero-order valence-electron chi connectivity index (χ0n) is 12.5. The lowest BCUT2D eigenvalue weighted by Crippen LogP contribution is -2.28. The third kappa shape index (κ3) is 3.11. The van der Waals surface area contributed by atoms with Crippen LogP contribution in [0.2, 0.25) is 0 Å². The van der Waals surface area contributed by atoms with Gasteiger partial charge < -0.3 is 19.5 Å². The van der Waals surface area contributed by atoms with Gasteiger partial charge in [0.05, 0.1) is 19.5 Å². The number of aromatic nitrogens is 2. The SMILES string of the molecule is O=C(CC1=CSC2=NCCN12)NCc1noc([C@@H]2CCCO2)n1. The van der Waals surface area contributed by atoms with Crippen LogP contribution in [-0.4, -0.2) is 45.8 Å². The normalized spacial score (nSPS) is 23.0. The number of carbonyl (C=O) groups excluding carboxylic acids is 1. The molecule has 4 heterocycles. The number of carbonyl (C=O) groups is 1. The molecule has 8 nitrogen and oxygen atoms in total. The van der Waals surface area contributed by atoms with Crippen molar-refractivity contribution in [3.8, 4) is 0 Å². The first kappa shape index (κ1) is 14.7. The maximum Gasteiger partial charge on any atom is 0.255 e. The van der Waals surface area contributed by atoms with Crippen LogP contribution in [0.4, 0.5) is 0 Å². The van der Waals surface area contributed by atoms with E-state index in [2.05, 4.69) is 25.3 Å². The van der Waals surface area contributed by atoms with Crippen molar-refractivity contribution in [1.82, 2.24) is 20.4 Å². The molecular formula is C14H17N5O3S. The van der Waals surface area contributed by atoms with E-state index in [9.17, 15) is 4.79 Å². The molecule has 1 N–H and O–H groups in total. The van der Waals surface area contributed by atoms with Crippen LogP contribution in [0.1, 0.15) is 37.1 Å². The maximum absolute atomic E-state index is 12.1. The quantitative estimate of drug-likeness (QED) is 0.864. The lowest BCUT2D eigenvalue weighted by Gasteiger charge is -2.15. The number of fused-ring (bicyclic) bond motifs is 1. The van der Waals surface area contributed by atoms with Crippen LogP contribution in [0.15, 0.2) is 20.6 Å². The topological polar surface area (TPSA) is 92.9 Å². The van der Waals surface area contributed by atoms with Crippen LogP contribution in [0, 0.1) is 0 Å². The summed E-state index contributed by atoms with van der Waals surface area (Å²) in [5.41, 5.74) is 0.997. The van der Waals surface area contributed by atoms with Gasteiger partial charge in [0.2, 0.25) is 5.91 Å². The van der Waals surface area contributed by atoms with Crippen molar-refractivity contribution in [2.45, 2.75) is 31.9 Å². The first-order chi connectivity index (χ1) is 11.3. The van der Waals surface area contributed by atoms with Gasteiger partial charge in [-0.1, -0.05) is 16.9 Å². The average molecular weight is 335 g/mol. The number of hydrogen-bond donors (Lipinski definition) is 1. The van der Waals surface area contributed by atoms with Crippen LogP contribution in [-0.2, 0) is 16.1 Å². The summed E-state index contributed by atoms with van der Waals surface area (Å²) in [7, 11) is 0. The molecular weight excluding hydrogens is 318 g/mol. The summed E-state index contributed by atoms with van der Waals surface area (Å²) < 4.78 is 10.7. The molecule has 1 aromatic rings. The molecule has 1 saturated heterocycles. The van der Waals surface area contributed by atoms with Gasteiger partial charge in [-0.2, -0.15) is 4.98 Å². The van der Waals surface area contributed by atoms with Gasteiger partial charge in [-0.15, -0.1) is 0 Å². The number of amidine groups is 1. The van der Waals surface area contributed by atoms with Gasteiger partial charge in [0, 0.05) is 18.8 Å². The molecule has 9 heteroatoms. The van der Waals surface area contributed by atoms with E-state index in [1.54, 1.807) is 11.8 Å². The van der Waals surface area contributed by atoms with E-state index in [0.29, 0.717) is 18.1 Å². The van der Waals surface area contributed by atoms with E-state index in [0.717, 1.165) is 43.4 Å². The lowest BCUT2D eigenvalue weighted by atomic mass is 10.2. The van der Waals surface area contributed by atoms with E-state index >= 15 is 0 Å². The Morgan fingerprint density at radius 1 is 1.52 bits per heavy atom. The summed E-state index contributed by atoms with van der Waals surface area (Å²) in [5.74, 6) is 0.912. The highest BCUT2D eigenvalue weighted by Gasteiger charge is 2.27. The number of rotatable bonds is 5. The lowest BCUT2D eigenvalue weighted by molar-refractivity contribution is -0.120. The highest BCUT2D eigenvalue weighted by molar-refractivity contribution is 8.16. The molecule has 0 spiro atoms. The van der Waals surface area contributed by atoms with Gasteiger partial charge >= 0.3 is 0 Å². The van der Waals surface area contributed by atoms with Gasteiger partial charge in [-0.3, -0.25) is 9.79 Å². The molecule has 1 fully saturated rings. The molecule has 3 aliphatic rings. The molecule has 0 unspecified atom stereocenters. The molecule has 1 amide bonds. The summed E-state index contributed by atoms with van der Waals surface area (Å²) >= 11 is 1.58. The van der Waals surface area contributed by atoms with Gasteiger partial charge in [-0.25, -0.2) is 0 Å². The summed E-state index contributed by atoms with van der Waals surface area (Å²) in [4.78, 5) is 22.8. The molecule has 0 radical (unpaired) electrons. The molecule has 1 aromatic heterocycles. The van der Waals surface area contributed by atoms with Crippen LogP contribution in [0.25, 0.3) is 0 Å². The Labute approximate surface area is 137 Å². The Morgan fingerprint density at radius 3 is 3.35 bits per heavy atom. The third-order valence-electron chi connectivity index (χ3n) is 3.92. The van der Waals surface area contributed by atoms with Crippen molar-refractivity contribution in [3.63, 3.8) is 0 Å². The Hall–Kier alpha value is -1.87. The highest BCUT2D eigenvalue weighted by Crippen LogP contribution is 2.30. The average Bonchev–Trinajstić information content (AvgIpc) is 3.31. The minimum absolute atomic E-state index is 0.0616. The second-order valence-corrected chi connectivity index (χ2v) is 6.38. The number of aliphatic imine (C=N–C) groups is 1. The molecule has 122 valence electrons. The fraction of sp³-hybridized carbons (Fsp3) is 0.571. The van der Waals surface area contributed by atoms with Crippen molar-refractivity contribution in [2.24, 2.45) is 4.99 Å². The minimum Gasteiger partial charge on any atom is -0.368 e. The maximum atomic E-state index is 12.1. The number of thioether (sulfide) groups is 1. The van der Waals surface area contributed by atoms with E-state index in [1.165, 1.54) is 0 Å². The Balaban J connectivity index is 1.27. The largest absolute Gasteiger partial charge is 0.368 e. The van der Waals surface area contributed by atoms with Gasteiger partial charge in [-0.05, 0) is 18.2 Å². The second kappa shape index (κ2) is 6.32. The van der Waals surface area contributed by atoms with Crippen molar-refractivity contribution in [3.05, 3.63) is 22.8 Å². The van der Waals surface area contributed by atoms with Crippen molar-refractivity contribution < 1.29 is 14.1 Å². The predicted molar refractivity (Wildman–Crippen MR) is 83.4 cm³/mol. The third-order valence-corrected chi connectivity index (χ3v) is 4.87. The predicted octanol–water partition coefficient (Wildman–Crippen LogP) is 1.19. The molecule has 3 aliphatic heterocycles. The van der Waals surface area contributed by atoms with Crippen molar-refractivity contribution in [1.29, 1.82) is 0 Å². The molecule has 4 rings (SSSR count). The van der Waals surface area contributed by atoms with Crippen LogP contribution < -0.4 is 5.32 Å². The zero-order chi connectivity index (χ0) is 15.6. The number of amides is 1. The Kier molecular flexibility index (Phi) is 4.04. The molecule has 0 bridgehead atoms. The molecule has 0 aromatic carbocycles. The van der Waals surface area contributed by atoms with Crippen LogP contribution in [0.5, 0.6) is 0 Å². The number of nitrogens with zero attached hydrogens (tertiary/aromatic N) is 4. The minimum atomic E-state index is -0.0968. The molecule has 23 heavy (non-hydrogen) atoms. The van der Waals surface area contributed by atoms with Crippen LogP contribution >= 0.6 is 11.8 Å². The van der Waals surface area contributed by atoms with Crippen LogP contribution in [0.3, 0.4) is 0 Å². The van der Waals surface area contributed by atoms with Crippen molar-refractivity contribution >= 4 is 22.8 Å². The van der Waals surface area contributed by atoms with E-state index in [-0.39, 0.29) is 18.6 Å². The number of ether oxygens (including phenoxy) is 1. The van der Waals surface area contributed by atoms with Gasteiger partial charge in [0.15, 0.2) is 11.0 Å². The first-order valence-electron chi connectivity index (χ1n) is 7.68. The fourth-order valence-corrected chi connectivity index (χ4v) is 3.72. The summed E-state index contributed by atoms with van der Waals surface area (Å²) in [6.07, 6.45) is 2.15. The van der Waals surface area contributed by atoms with Crippen molar-refractivity contribution in [2.75, 3.05) is 19.7 Å². The van der Waals surface area contributed by atoms with E-state index in [1.807, 2.05) is 5.41 Å². The van der Waals surface area contributed by atoms with Gasteiger partial charge in [0.25, 0.3) is 5.89 Å². The molecule has 0 saturated carbocycles. The van der Waals surface area contributed by atoms with Gasteiger partial charge in [0.1, 0.15) is 6.10 Å². The second-order valence-electron chi connectivity index (χ2n) is 5.55. The zero-order valence-corrected chi connectivity index (χ0v) is 13.3. The molecule has 0 aliphatic carbocycles. The standard InChI is InChI=1S/C14H17N5O3S/c20-12(6-9-8-23-14-15-3-4-19(9)14)16-7-11-17-13(22-18-11)10-2-1-5-21-10/h8,10H,1-7H2,(H,16,20)/t10-/m0/s1. The van der Waals surface area contributed by atoms with E-state index in [4.69, 9.17) is 9.26 Å². The highest BCUT2D eigenvalue weighted by atomic mass is 32.2. The first-order valence-corrected chi connectivity index (χ1v) is 8.56. The number of hydrogen-bond acceptors (Lipinski definition) is 8. The Morgan fingerprint density at radius 2 is 2.48 bits per heavy atom. The fourth-order valence-electron chi connectivity index (χ4n) is 2.76. The number of nitrogens with one attached hydrogen (secondary N) is 1. The molecule has 1 atom stereocenters. The summed E-state index contributed by atoms with van der Waals surface area (Å²) in [6.45, 7) is 2.65.